The van der Waals surface area contributed by atoms with Crippen LogP contribution >= 0.6 is 0 Å². The number of hydrogen-bond donors (Lipinski definition) is 1. The summed E-state index contributed by atoms with van der Waals surface area (Å²) in [5.74, 6) is -0.611. The molecule has 0 unspecified atom stereocenters. The van der Waals surface area contributed by atoms with Crippen LogP contribution in [0.15, 0.2) is 0 Å². The molecule has 39 valence electrons. The van der Waals surface area contributed by atoms with Gasteiger partial charge in [0, 0.05) is 6.15 Å². The zero-order valence-electron chi connectivity index (χ0n) is 3.79. The van der Waals surface area contributed by atoms with Crippen LogP contribution < -0.4 is 6.15 Å². The molecular weight excluding hydrogens is 94.0 g/mol. The van der Waals surface area contributed by atoms with Gasteiger partial charge in [-0.1, -0.05) is 0 Å². The summed E-state index contributed by atoms with van der Waals surface area (Å²) in [6.07, 6.45) is 1.80. The first-order valence-corrected chi connectivity index (χ1v) is 2.03. The van der Waals surface area contributed by atoms with Gasteiger partial charge in [-0.3, -0.25) is 4.79 Å². The van der Waals surface area contributed by atoms with Gasteiger partial charge < -0.3 is 5.11 Å². The van der Waals surface area contributed by atoms with E-state index in [1.54, 1.807) is 0 Å². The smallest absolute Gasteiger partial charge is 0.306 e. The molecule has 0 heterocycles. The average molecular weight is 100 g/mol. The maximum Gasteiger partial charge on any atom is 0.306 e. The van der Waals surface area contributed by atoms with E-state index >= 15 is 0 Å². The van der Waals surface area contributed by atoms with Gasteiger partial charge in [-0.2, -0.15) is 0 Å². The highest BCUT2D eigenvalue weighted by Gasteiger charge is 2.28. The number of carboxylic acids is 1. The first-order valence-electron chi connectivity index (χ1n) is 2.03. The van der Waals surface area contributed by atoms with E-state index in [9.17, 15) is 4.79 Å². The molecule has 3 heteroatoms. The highest BCUT2D eigenvalue weighted by Crippen LogP contribution is 2.28. The van der Waals surface area contributed by atoms with Crippen LogP contribution in [0.25, 0.3) is 0 Å². The van der Waals surface area contributed by atoms with Gasteiger partial charge >= 0.3 is 5.97 Å². The topological polar surface area (TPSA) is 67.8 Å². The lowest BCUT2D eigenvalue weighted by Gasteiger charge is -1.75. The van der Waals surface area contributed by atoms with Crippen LogP contribution in [0.3, 0.4) is 0 Å². The van der Waals surface area contributed by atoms with Crippen LogP contribution in [-0.4, -0.2) is 11.1 Å². The SMILES string of the molecule is O=C(O)C1CC1.[N]. The van der Waals surface area contributed by atoms with Crippen LogP contribution in [0.4, 0.5) is 0 Å². The van der Waals surface area contributed by atoms with Crippen molar-refractivity contribution >= 4 is 5.97 Å². The minimum atomic E-state index is -0.630. The lowest BCUT2D eigenvalue weighted by molar-refractivity contribution is -0.138. The van der Waals surface area contributed by atoms with Gasteiger partial charge in [0.05, 0.1) is 5.92 Å². The molecule has 1 N–H and O–H groups in total. The molecule has 3 nitrogen and oxygen atoms in total. The lowest BCUT2D eigenvalue weighted by Crippen LogP contribution is -1.94. The van der Waals surface area contributed by atoms with Gasteiger partial charge in [-0.25, -0.2) is 0 Å². The molecule has 1 aliphatic rings. The number of hydrogen-bond acceptors (Lipinski definition) is 1. The van der Waals surface area contributed by atoms with Gasteiger partial charge in [0.1, 0.15) is 0 Å². The molecule has 7 heavy (non-hydrogen) atoms. The largest absolute Gasteiger partial charge is 0.481 e. The summed E-state index contributed by atoms with van der Waals surface area (Å²) in [5, 5.41) is 8.05. The fourth-order valence-electron chi connectivity index (χ4n) is 0.330. The molecule has 1 rings (SSSR count). The summed E-state index contributed by atoms with van der Waals surface area (Å²) in [6, 6.07) is 0. The van der Waals surface area contributed by atoms with Gasteiger partial charge in [0.25, 0.3) is 0 Å². The number of nitrogens with zero attached hydrogens (tertiary/aromatic N) is 1. The fraction of sp³-hybridized carbons (Fsp3) is 0.750. The molecular formula is C4H6NO2. The van der Waals surface area contributed by atoms with E-state index in [1.165, 1.54) is 0 Å². The summed E-state index contributed by atoms with van der Waals surface area (Å²) in [5.41, 5.74) is 0. The van der Waals surface area contributed by atoms with Gasteiger partial charge in [0.2, 0.25) is 0 Å². The molecule has 0 aromatic heterocycles. The van der Waals surface area contributed by atoms with E-state index < -0.39 is 5.97 Å². The second-order valence-electron chi connectivity index (χ2n) is 1.61. The molecule has 1 saturated carbocycles. The maximum absolute atomic E-state index is 9.76. The molecule has 0 amide bonds. The highest BCUT2D eigenvalue weighted by molar-refractivity contribution is 5.72. The van der Waals surface area contributed by atoms with Crippen molar-refractivity contribution in [1.82, 2.24) is 6.15 Å². The minimum absolute atomic E-state index is 0. The maximum atomic E-state index is 9.76. The number of carbonyl (C=O) groups is 1. The summed E-state index contributed by atoms with van der Waals surface area (Å²) < 4.78 is 0. The fourth-order valence-corrected chi connectivity index (χ4v) is 0.330. The van der Waals surface area contributed by atoms with Crippen molar-refractivity contribution in [2.75, 3.05) is 0 Å². The Kier molecular flexibility index (Phi) is 1.77. The van der Waals surface area contributed by atoms with E-state index in [-0.39, 0.29) is 12.1 Å². The van der Waals surface area contributed by atoms with Crippen molar-refractivity contribution in [3.63, 3.8) is 0 Å². The first kappa shape index (κ1) is 6.43. The molecule has 1 fully saturated rings. The van der Waals surface area contributed by atoms with E-state index in [2.05, 4.69) is 0 Å². The van der Waals surface area contributed by atoms with Crippen molar-refractivity contribution in [1.29, 1.82) is 0 Å². The van der Waals surface area contributed by atoms with Crippen LogP contribution in [0.5, 0.6) is 0 Å². The Morgan fingerprint density at radius 1 is 1.57 bits per heavy atom. The number of carboxylic acid groups (broad SMARTS) is 1. The van der Waals surface area contributed by atoms with Gasteiger partial charge in [-0.05, 0) is 12.8 Å². The zero-order chi connectivity index (χ0) is 4.57. The predicted molar refractivity (Wildman–Crippen MR) is 22.5 cm³/mol. The third-order valence-corrected chi connectivity index (χ3v) is 0.927. The Labute approximate surface area is 41.9 Å². The second-order valence-corrected chi connectivity index (χ2v) is 1.61. The van der Waals surface area contributed by atoms with Crippen molar-refractivity contribution in [3.05, 3.63) is 0 Å². The highest BCUT2D eigenvalue weighted by atomic mass is 16.4. The lowest BCUT2D eigenvalue weighted by atomic mass is 10.5. The molecule has 0 aliphatic heterocycles. The molecule has 0 saturated heterocycles. The normalized spacial score (nSPS) is 17.7. The summed E-state index contributed by atoms with van der Waals surface area (Å²) in [6.45, 7) is 0. The molecule has 3 radical (unpaired) electrons. The Bertz CT molecular complexity index is 77.8. The standard InChI is InChI=1S/C4H6O2.N/c5-4(6)3-1-2-3;/h3H,1-2H2,(H,5,6);. The molecule has 0 atom stereocenters. The van der Waals surface area contributed by atoms with E-state index in [4.69, 9.17) is 5.11 Å². The van der Waals surface area contributed by atoms with Crippen molar-refractivity contribution < 1.29 is 9.90 Å². The monoisotopic (exact) mass is 100 g/mol. The molecule has 0 aromatic carbocycles. The van der Waals surface area contributed by atoms with Crippen molar-refractivity contribution in [2.45, 2.75) is 12.8 Å². The molecule has 0 aromatic rings. The van der Waals surface area contributed by atoms with Crippen LogP contribution in [0.1, 0.15) is 12.8 Å². The van der Waals surface area contributed by atoms with Gasteiger partial charge in [0.15, 0.2) is 0 Å². The van der Waals surface area contributed by atoms with E-state index in [1.807, 2.05) is 0 Å². The molecule has 0 spiro atoms. The third kappa shape index (κ3) is 1.55. The van der Waals surface area contributed by atoms with E-state index in [0.29, 0.717) is 0 Å². The average Bonchev–Trinajstić information content (AvgIpc) is 2.06. The minimum Gasteiger partial charge on any atom is -0.481 e. The number of rotatable bonds is 1. The Morgan fingerprint density at radius 3 is 2.00 bits per heavy atom. The van der Waals surface area contributed by atoms with Crippen molar-refractivity contribution in [3.8, 4) is 0 Å². The number of aliphatic carboxylic acids is 1. The summed E-state index contributed by atoms with van der Waals surface area (Å²) in [7, 11) is 0. The van der Waals surface area contributed by atoms with E-state index in [0.717, 1.165) is 12.8 Å². The van der Waals surface area contributed by atoms with Crippen LogP contribution in [-0.2, 0) is 4.79 Å². The van der Waals surface area contributed by atoms with Crippen molar-refractivity contribution in [2.24, 2.45) is 5.92 Å². The zero-order valence-corrected chi connectivity index (χ0v) is 3.79. The van der Waals surface area contributed by atoms with Gasteiger partial charge in [-0.15, -0.1) is 0 Å². The van der Waals surface area contributed by atoms with Crippen LogP contribution in [0, 0.1) is 5.92 Å². The Balaban J connectivity index is 0.000000360. The third-order valence-electron chi connectivity index (χ3n) is 0.927. The molecule has 1 aliphatic carbocycles. The van der Waals surface area contributed by atoms with Crippen LogP contribution in [0.2, 0.25) is 0 Å². The Morgan fingerprint density at radius 2 is 2.00 bits per heavy atom. The summed E-state index contributed by atoms with van der Waals surface area (Å²) >= 11 is 0. The quantitative estimate of drug-likeness (QED) is 0.504. The summed E-state index contributed by atoms with van der Waals surface area (Å²) in [4.78, 5) is 9.76. The second kappa shape index (κ2) is 1.93. The molecule has 0 bridgehead atoms. The Hall–Kier alpha value is -0.570. The first-order chi connectivity index (χ1) is 2.80. The predicted octanol–water partition coefficient (Wildman–Crippen LogP) is 0.000400.